The standard InChI is InChI=1S/C23H33N3O3S/c1-17-15-19-16-21(7-8-22(19)26(17)23(27)18-5-6-18)30(28,29)25-13-9-20(10-14-25)24-11-3-2-4-12-24/h7-8,16-18,20H,2-6,9-15H2,1H3/t17-/m1/s1. The molecule has 1 amide bonds. The van der Waals surface area contributed by atoms with Crippen molar-refractivity contribution >= 4 is 21.6 Å². The van der Waals surface area contributed by atoms with Gasteiger partial charge in [-0.15, -0.1) is 0 Å². The molecule has 1 aliphatic carbocycles. The Hall–Kier alpha value is -1.44. The van der Waals surface area contributed by atoms with Gasteiger partial charge in [0.05, 0.1) is 4.90 Å². The lowest BCUT2D eigenvalue weighted by Gasteiger charge is -2.39. The Kier molecular flexibility index (Phi) is 5.40. The van der Waals surface area contributed by atoms with Gasteiger partial charge < -0.3 is 9.80 Å². The largest absolute Gasteiger partial charge is 0.309 e. The highest BCUT2D eigenvalue weighted by molar-refractivity contribution is 7.89. The highest BCUT2D eigenvalue weighted by Gasteiger charge is 2.40. The third-order valence-corrected chi connectivity index (χ3v) is 9.29. The number of sulfonamides is 1. The van der Waals surface area contributed by atoms with Crippen molar-refractivity contribution in [1.29, 1.82) is 0 Å². The Morgan fingerprint density at radius 1 is 0.967 bits per heavy atom. The summed E-state index contributed by atoms with van der Waals surface area (Å²) < 4.78 is 28.3. The second-order valence-electron chi connectivity index (χ2n) is 9.56. The third kappa shape index (κ3) is 3.69. The Labute approximate surface area is 180 Å². The van der Waals surface area contributed by atoms with Gasteiger partial charge in [-0.3, -0.25) is 4.79 Å². The fourth-order valence-electron chi connectivity index (χ4n) is 5.51. The van der Waals surface area contributed by atoms with E-state index in [-0.39, 0.29) is 17.9 Å². The summed E-state index contributed by atoms with van der Waals surface area (Å²) in [7, 11) is -3.49. The summed E-state index contributed by atoms with van der Waals surface area (Å²) >= 11 is 0. The van der Waals surface area contributed by atoms with E-state index in [1.165, 1.54) is 19.3 Å². The second-order valence-corrected chi connectivity index (χ2v) is 11.5. The lowest BCUT2D eigenvalue weighted by atomic mass is 10.0. The van der Waals surface area contributed by atoms with Gasteiger partial charge in [0, 0.05) is 36.8 Å². The molecule has 3 aliphatic heterocycles. The first-order chi connectivity index (χ1) is 14.4. The fourth-order valence-corrected chi connectivity index (χ4v) is 7.03. The van der Waals surface area contributed by atoms with E-state index < -0.39 is 10.0 Å². The van der Waals surface area contributed by atoms with Crippen LogP contribution in [0.5, 0.6) is 0 Å². The van der Waals surface area contributed by atoms with Gasteiger partial charge in [-0.25, -0.2) is 8.42 Å². The van der Waals surface area contributed by atoms with Crippen LogP contribution in [0.4, 0.5) is 5.69 Å². The van der Waals surface area contributed by atoms with Crippen LogP contribution in [0.1, 0.15) is 57.4 Å². The summed E-state index contributed by atoms with van der Waals surface area (Å²) in [4.78, 5) is 17.5. The number of rotatable bonds is 4. The van der Waals surface area contributed by atoms with E-state index in [1.807, 2.05) is 17.0 Å². The molecule has 0 N–H and O–H groups in total. The molecular formula is C23H33N3O3S. The van der Waals surface area contributed by atoms with Gasteiger partial charge in [-0.05, 0) is 88.7 Å². The molecule has 0 spiro atoms. The predicted octanol–water partition coefficient (Wildman–Crippen LogP) is 3.01. The van der Waals surface area contributed by atoms with Gasteiger partial charge in [0.1, 0.15) is 0 Å². The molecule has 0 bridgehead atoms. The van der Waals surface area contributed by atoms with Crippen LogP contribution in [-0.2, 0) is 21.2 Å². The van der Waals surface area contributed by atoms with E-state index in [9.17, 15) is 13.2 Å². The maximum absolute atomic E-state index is 13.3. The average Bonchev–Trinajstić information content (AvgIpc) is 3.56. The van der Waals surface area contributed by atoms with Crippen LogP contribution in [0.25, 0.3) is 0 Å². The Morgan fingerprint density at radius 2 is 1.67 bits per heavy atom. The van der Waals surface area contributed by atoms with E-state index in [0.29, 0.717) is 24.0 Å². The van der Waals surface area contributed by atoms with Gasteiger partial charge in [-0.2, -0.15) is 4.31 Å². The highest BCUT2D eigenvalue weighted by Crippen LogP contribution is 2.40. The summed E-state index contributed by atoms with van der Waals surface area (Å²) in [6.07, 6.45) is 8.40. The van der Waals surface area contributed by atoms with E-state index in [1.54, 1.807) is 10.4 Å². The second kappa shape index (κ2) is 7.92. The van der Waals surface area contributed by atoms with Crippen LogP contribution in [-0.4, -0.2) is 61.8 Å². The number of hydrogen-bond donors (Lipinski definition) is 0. The number of amides is 1. The van der Waals surface area contributed by atoms with E-state index in [4.69, 9.17) is 0 Å². The molecule has 0 unspecified atom stereocenters. The van der Waals surface area contributed by atoms with Crippen molar-refractivity contribution in [2.75, 3.05) is 31.1 Å². The quantitative estimate of drug-likeness (QED) is 0.735. The van der Waals surface area contributed by atoms with Crippen molar-refractivity contribution in [1.82, 2.24) is 9.21 Å². The minimum Gasteiger partial charge on any atom is -0.309 e. The van der Waals surface area contributed by atoms with E-state index in [0.717, 1.165) is 56.4 Å². The van der Waals surface area contributed by atoms with Crippen molar-refractivity contribution in [2.45, 2.75) is 75.3 Å². The van der Waals surface area contributed by atoms with Crippen LogP contribution in [0.2, 0.25) is 0 Å². The van der Waals surface area contributed by atoms with Crippen molar-refractivity contribution in [2.24, 2.45) is 5.92 Å². The first-order valence-corrected chi connectivity index (χ1v) is 13.1. The minimum atomic E-state index is -3.49. The van der Waals surface area contributed by atoms with Gasteiger partial charge >= 0.3 is 0 Å². The normalized spacial score (nSPS) is 26.7. The molecule has 164 valence electrons. The number of piperidine rings is 2. The summed E-state index contributed by atoms with van der Waals surface area (Å²) in [6.45, 7) is 5.58. The van der Waals surface area contributed by atoms with Gasteiger partial charge in [0.2, 0.25) is 15.9 Å². The van der Waals surface area contributed by atoms with Crippen LogP contribution in [0.3, 0.4) is 0 Å². The molecule has 1 aromatic rings. The minimum absolute atomic E-state index is 0.103. The Balaban J connectivity index is 1.30. The number of carbonyl (C=O) groups excluding carboxylic acids is 1. The van der Waals surface area contributed by atoms with Crippen molar-refractivity contribution < 1.29 is 13.2 Å². The topological polar surface area (TPSA) is 60.9 Å². The van der Waals surface area contributed by atoms with Crippen LogP contribution < -0.4 is 4.90 Å². The highest BCUT2D eigenvalue weighted by atomic mass is 32.2. The number of hydrogen-bond acceptors (Lipinski definition) is 4. The van der Waals surface area contributed by atoms with Gasteiger partial charge in [0.25, 0.3) is 0 Å². The van der Waals surface area contributed by atoms with Crippen LogP contribution in [0, 0.1) is 5.92 Å². The summed E-state index contributed by atoms with van der Waals surface area (Å²) in [5.41, 5.74) is 1.89. The molecular weight excluding hydrogens is 398 g/mol. The Morgan fingerprint density at radius 3 is 2.33 bits per heavy atom. The van der Waals surface area contributed by atoms with E-state index in [2.05, 4.69) is 11.8 Å². The van der Waals surface area contributed by atoms with Gasteiger partial charge in [0.15, 0.2) is 0 Å². The smallest absolute Gasteiger partial charge is 0.243 e. The zero-order valence-electron chi connectivity index (χ0n) is 17.9. The number of nitrogens with zero attached hydrogens (tertiary/aromatic N) is 3. The summed E-state index contributed by atoms with van der Waals surface area (Å²) in [5.74, 6) is 0.375. The summed E-state index contributed by atoms with van der Waals surface area (Å²) in [5, 5.41) is 0. The van der Waals surface area contributed by atoms with Crippen LogP contribution >= 0.6 is 0 Å². The maximum atomic E-state index is 13.3. The number of fused-ring (bicyclic) bond motifs is 1. The predicted molar refractivity (Wildman–Crippen MR) is 117 cm³/mol. The fraction of sp³-hybridized carbons (Fsp3) is 0.696. The van der Waals surface area contributed by atoms with Crippen molar-refractivity contribution in [3.05, 3.63) is 23.8 Å². The first-order valence-electron chi connectivity index (χ1n) is 11.7. The molecule has 4 aliphatic rings. The molecule has 2 saturated heterocycles. The monoisotopic (exact) mass is 431 g/mol. The molecule has 0 radical (unpaired) electrons. The molecule has 1 atom stereocenters. The molecule has 3 fully saturated rings. The van der Waals surface area contributed by atoms with Crippen molar-refractivity contribution in [3.8, 4) is 0 Å². The Bertz CT molecular complexity index is 914. The lowest BCUT2D eigenvalue weighted by molar-refractivity contribution is -0.120. The van der Waals surface area contributed by atoms with Crippen molar-refractivity contribution in [3.63, 3.8) is 0 Å². The number of carbonyl (C=O) groups is 1. The van der Waals surface area contributed by atoms with Gasteiger partial charge in [-0.1, -0.05) is 6.42 Å². The zero-order valence-corrected chi connectivity index (χ0v) is 18.7. The zero-order chi connectivity index (χ0) is 20.9. The first kappa shape index (κ1) is 20.5. The molecule has 1 aromatic carbocycles. The lowest BCUT2D eigenvalue weighted by Crippen LogP contribution is -2.48. The molecule has 6 nitrogen and oxygen atoms in total. The molecule has 5 rings (SSSR count). The third-order valence-electron chi connectivity index (χ3n) is 7.40. The maximum Gasteiger partial charge on any atom is 0.243 e. The molecule has 0 aromatic heterocycles. The van der Waals surface area contributed by atoms with Crippen LogP contribution in [0.15, 0.2) is 23.1 Å². The molecule has 30 heavy (non-hydrogen) atoms. The number of anilines is 1. The SMILES string of the molecule is C[C@@H]1Cc2cc(S(=O)(=O)N3CCC(N4CCCCC4)CC3)ccc2N1C(=O)C1CC1. The molecule has 7 heteroatoms. The van der Waals surface area contributed by atoms with E-state index >= 15 is 0 Å². The average molecular weight is 432 g/mol. The molecule has 3 heterocycles. The molecule has 1 saturated carbocycles. The summed E-state index contributed by atoms with van der Waals surface area (Å²) in [6, 6.07) is 6.01. The number of benzene rings is 1. The number of likely N-dealkylation sites (tertiary alicyclic amines) is 1.